The van der Waals surface area contributed by atoms with Crippen LogP contribution in [0.2, 0.25) is 0 Å². The molecule has 1 saturated heterocycles. The van der Waals surface area contributed by atoms with Crippen LogP contribution >= 0.6 is 0 Å². The van der Waals surface area contributed by atoms with E-state index in [1.165, 1.54) is 0 Å². The van der Waals surface area contributed by atoms with E-state index in [0.717, 1.165) is 35.6 Å². The third kappa shape index (κ3) is 4.50. The smallest absolute Gasteiger partial charge is 0.254 e. The summed E-state index contributed by atoms with van der Waals surface area (Å²) in [5.41, 5.74) is 3.88. The summed E-state index contributed by atoms with van der Waals surface area (Å²) in [7, 11) is 5.32. The lowest BCUT2D eigenvalue weighted by atomic mass is 10.1. The van der Waals surface area contributed by atoms with Crippen LogP contribution in [-0.2, 0) is 0 Å². The van der Waals surface area contributed by atoms with Crippen LogP contribution in [0.5, 0.6) is 11.5 Å². The molecule has 3 heterocycles. The molecule has 0 bridgehead atoms. The Balaban J connectivity index is 1.46. The Morgan fingerprint density at radius 1 is 0.943 bits per heavy atom. The lowest BCUT2D eigenvalue weighted by molar-refractivity contribution is 0.0664. The molecule has 2 aromatic carbocycles. The number of ether oxygens (including phenoxy) is 2. The maximum atomic E-state index is 13.1. The number of carbonyl (C=O) groups is 1. The predicted molar refractivity (Wildman–Crippen MR) is 135 cm³/mol. The highest BCUT2D eigenvalue weighted by molar-refractivity contribution is 5.96. The van der Waals surface area contributed by atoms with Crippen molar-refractivity contribution >= 4 is 23.1 Å². The van der Waals surface area contributed by atoms with Crippen molar-refractivity contribution in [2.24, 2.45) is 0 Å². The molecule has 1 amide bonds. The quantitative estimate of drug-likeness (QED) is 0.459. The number of fused-ring (bicyclic) bond motifs is 1. The topological polar surface area (TPSA) is 84.2 Å². The predicted octanol–water partition coefficient (Wildman–Crippen LogP) is 3.54. The minimum Gasteiger partial charge on any atom is -0.496 e. The minimum atomic E-state index is 0.00374. The molecule has 1 fully saturated rings. The van der Waals surface area contributed by atoms with Gasteiger partial charge in [0.25, 0.3) is 5.91 Å². The van der Waals surface area contributed by atoms with Crippen molar-refractivity contribution in [1.82, 2.24) is 24.4 Å². The Bertz CT molecular complexity index is 1360. The van der Waals surface area contributed by atoms with Gasteiger partial charge < -0.3 is 24.6 Å². The monoisotopic (exact) mass is 472 g/mol. The zero-order chi connectivity index (χ0) is 24.4. The molecular weight excluding hydrogens is 444 g/mol. The number of nitrogens with zero attached hydrogens (tertiary/aromatic N) is 5. The highest BCUT2D eigenvalue weighted by Crippen LogP contribution is 2.32. The molecule has 35 heavy (non-hydrogen) atoms. The Hall–Kier alpha value is -4.11. The Morgan fingerprint density at radius 3 is 2.49 bits per heavy atom. The van der Waals surface area contributed by atoms with E-state index in [2.05, 4.69) is 22.2 Å². The first-order valence-electron chi connectivity index (χ1n) is 11.5. The van der Waals surface area contributed by atoms with Crippen molar-refractivity contribution in [1.29, 1.82) is 0 Å². The SMILES string of the molecule is COc1ccc(C(=O)N2CCN(C)CC2)cc1Nc1ncc2ccc(-c3ccccc3OC)n2n1. The van der Waals surface area contributed by atoms with E-state index in [9.17, 15) is 4.79 Å². The van der Waals surface area contributed by atoms with Crippen molar-refractivity contribution < 1.29 is 14.3 Å². The zero-order valence-corrected chi connectivity index (χ0v) is 20.1. The Morgan fingerprint density at radius 2 is 1.71 bits per heavy atom. The number of aromatic nitrogens is 3. The number of carbonyl (C=O) groups excluding carboxylic acids is 1. The molecule has 0 aliphatic carbocycles. The standard InChI is InChI=1S/C26H28N6O3/c1-30-12-14-31(15-13-30)25(33)18-8-11-24(35-3)21(16-18)28-26-27-17-19-9-10-22(32(19)29-26)20-6-4-5-7-23(20)34-2/h4-11,16-17H,12-15H2,1-3H3,(H,28,29). The van der Waals surface area contributed by atoms with Crippen LogP contribution < -0.4 is 14.8 Å². The number of hydrogen-bond acceptors (Lipinski definition) is 7. The van der Waals surface area contributed by atoms with Crippen LogP contribution in [0.15, 0.2) is 60.8 Å². The first-order valence-corrected chi connectivity index (χ1v) is 11.5. The summed E-state index contributed by atoms with van der Waals surface area (Å²) in [5, 5.41) is 7.95. The van der Waals surface area contributed by atoms with E-state index in [0.29, 0.717) is 36.0 Å². The van der Waals surface area contributed by atoms with Crippen LogP contribution in [0.1, 0.15) is 10.4 Å². The largest absolute Gasteiger partial charge is 0.496 e. The molecule has 0 saturated carbocycles. The third-order valence-electron chi connectivity index (χ3n) is 6.26. The highest BCUT2D eigenvalue weighted by atomic mass is 16.5. The molecular formula is C26H28N6O3. The van der Waals surface area contributed by atoms with Gasteiger partial charge in [0.2, 0.25) is 5.95 Å². The van der Waals surface area contributed by atoms with Gasteiger partial charge in [0.1, 0.15) is 11.5 Å². The number of anilines is 2. The molecule has 9 nitrogen and oxygen atoms in total. The van der Waals surface area contributed by atoms with Gasteiger partial charge in [-0.05, 0) is 49.5 Å². The average Bonchev–Trinajstić information content (AvgIpc) is 3.31. The van der Waals surface area contributed by atoms with Crippen molar-refractivity contribution in [2.75, 3.05) is 52.8 Å². The normalized spacial score (nSPS) is 14.2. The molecule has 180 valence electrons. The van der Waals surface area contributed by atoms with Crippen LogP contribution in [-0.4, -0.2) is 77.8 Å². The number of hydrogen-bond donors (Lipinski definition) is 1. The van der Waals surface area contributed by atoms with Gasteiger partial charge >= 0.3 is 0 Å². The number of amides is 1. The molecule has 0 spiro atoms. The molecule has 1 aliphatic heterocycles. The van der Waals surface area contributed by atoms with Gasteiger partial charge in [0.15, 0.2) is 0 Å². The van der Waals surface area contributed by atoms with Crippen molar-refractivity contribution in [3.05, 3.63) is 66.4 Å². The van der Waals surface area contributed by atoms with E-state index in [1.807, 2.05) is 45.8 Å². The van der Waals surface area contributed by atoms with Crippen LogP contribution in [0.25, 0.3) is 16.8 Å². The summed E-state index contributed by atoms with van der Waals surface area (Å²) in [6.45, 7) is 3.16. The fourth-order valence-electron chi connectivity index (χ4n) is 4.27. The molecule has 0 radical (unpaired) electrons. The maximum absolute atomic E-state index is 13.1. The van der Waals surface area contributed by atoms with E-state index in [4.69, 9.17) is 14.6 Å². The molecule has 4 aromatic rings. The second-order valence-electron chi connectivity index (χ2n) is 8.47. The lowest BCUT2D eigenvalue weighted by Gasteiger charge is -2.32. The molecule has 9 heteroatoms. The van der Waals surface area contributed by atoms with Crippen molar-refractivity contribution in [3.63, 3.8) is 0 Å². The Kier molecular flexibility index (Phi) is 6.24. The number of benzene rings is 2. The van der Waals surface area contributed by atoms with Crippen LogP contribution in [0.3, 0.4) is 0 Å². The number of para-hydroxylation sites is 1. The number of methoxy groups -OCH3 is 2. The number of piperazine rings is 1. The molecule has 2 aromatic heterocycles. The highest BCUT2D eigenvalue weighted by Gasteiger charge is 2.21. The average molecular weight is 473 g/mol. The maximum Gasteiger partial charge on any atom is 0.254 e. The van der Waals surface area contributed by atoms with E-state index in [1.54, 1.807) is 38.6 Å². The summed E-state index contributed by atoms with van der Waals surface area (Å²) >= 11 is 0. The van der Waals surface area contributed by atoms with E-state index < -0.39 is 0 Å². The van der Waals surface area contributed by atoms with Gasteiger partial charge in [-0.2, -0.15) is 0 Å². The molecule has 0 unspecified atom stereocenters. The first-order chi connectivity index (χ1) is 17.1. The van der Waals surface area contributed by atoms with Gasteiger partial charge in [-0.1, -0.05) is 12.1 Å². The Labute approximate surface area is 203 Å². The van der Waals surface area contributed by atoms with Crippen LogP contribution in [0, 0.1) is 0 Å². The van der Waals surface area contributed by atoms with Gasteiger partial charge in [-0.25, -0.2) is 9.50 Å². The molecule has 5 rings (SSSR count). The fraction of sp³-hybridized carbons (Fsp3) is 0.269. The second kappa shape index (κ2) is 9.63. The first kappa shape index (κ1) is 22.7. The molecule has 1 aliphatic rings. The van der Waals surface area contributed by atoms with Gasteiger partial charge in [0, 0.05) is 37.3 Å². The molecule has 1 N–H and O–H groups in total. The number of nitrogens with one attached hydrogen (secondary N) is 1. The summed E-state index contributed by atoms with van der Waals surface area (Å²) in [4.78, 5) is 21.7. The van der Waals surface area contributed by atoms with Gasteiger partial charge in [-0.15, -0.1) is 5.10 Å². The van der Waals surface area contributed by atoms with Gasteiger partial charge in [0.05, 0.1) is 37.3 Å². The lowest BCUT2D eigenvalue weighted by Crippen LogP contribution is -2.47. The number of likely N-dealkylation sites (N-methyl/N-ethyl adjacent to an activating group) is 1. The fourth-order valence-corrected chi connectivity index (χ4v) is 4.27. The number of rotatable bonds is 6. The minimum absolute atomic E-state index is 0.00374. The molecule has 0 atom stereocenters. The summed E-state index contributed by atoms with van der Waals surface area (Å²) in [5.74, 6) is 1.75. The van der Waals surface area contributed by atoms with E-state index >= 15 is 0 Å². The van der Waals surface area contributed by atoms with Crippen molar-refractivity contribution in [2.45, 2.75) is 0 Å². The summed E-state index contributed by atoms with van der Waals surface area (Å²) < 4.78 is 12.9. The van der Waals surface area contributed by atoms with Crippen molar-refractivity contribution in [3.8, 4) is 22.8 Å². The zero-order valence-electron chi connectivity index (χ0n) is 20.1. The summed E-state index contributed by atoms with van der Waals surface area (Å²) in [6.07, 6.45) is 1.75. The van der Waals surface area contributed by atoms with Gasteiger partial charge in [-0.3, -0.25) is 4.79 Å². The van der Waals surface area contributed by atoms with Crippen LogP contribution in [0.4, 0.5) is 11.6 Å². The third-order valence-corrected chi connectivity index (χ3v) is 6.26. The summed E-state index contributed by atoms with van der Waals surface area (Å²) in [6, 6.07) is 17.1. The van der Waals surface area contributed by atoms with E-state index in [-0.39, 0.29) is 5.91 Å². The second-order valence-corrected chi connectivity index (χ2v) is 8.47.